The van der Waals surface area contributed by atoms with Gasteiger partial charge in [-0.3, -0.25) is 0 Å². The van der Waals surface area contributed by atoms with Crippen molar-refractivity contribution >= 4 is 0 Å². The van der Waals surface area contributed by atoms with E-state index in [9.17, 15) is 0 Å². The number of nitrogens with one attached hydrogen (secondary N) is 1. The van der Waals surface area contributed by atoms with E-state index in [1.807, 2.05) is 18.2 Å². The number of benzene rings is 1. The molecule has 5 heteroatoms. The third-order valence-electron chi connectivity index (χ3n) is 3.70. The van der Waals surface area contributed by atoms with Crippen molar-refractivity contribution in [1.82, 2.24) is 0 Å². The first-order chi connectivity index (χ1) is 10.1. The molecule has 3 atom stereocenters. The van der Waals surface area contributed by atoms with Gasteiger partial charge in [0.05, 0.1) is 14.2 Å². The van der Waals surface area contributed by atoms with Crippen LogP contribution in [0, 0.1) is 0 Å². The van der Waals surface area contributed by atoms with E-state index in [-0.39, 0.29) is 0 Å². The van der Waals surface area contributed by atoms with Crippen molar-refractivity contribution < 1.29 is 23.8 Å². The number of hydrogen-bond acceptors (Lipinski definition) is 4. The lowest BCUT2D eigenvalue weighted by atomic mass is 10.2. The molecule has 21 heavy (non-hydrogen) atoms. The zero-order valence-corrected chi connectivity index (χ0v) is 13.3. The van der Waals surface area contributed by atoms with Crippen LogP contribution in [0.5, 0.6) is 17.2 Å². The summed E-state index contributed by atoms with van der Waals surface area (Å²) in [5.74, 6) is 2.08. The Bertz CT molecular complexity index is 420. The molecule has 1 heterocycles. The Balaban J connectivity index is 1.91. The lowest BCUT2D eigenvalue weighted by molar-refractivity contribution is -0.915. The molecule has 0 bridgehead atoms. The van der Waals surface area contributed by atoms with Gasteiger partial charge in [0.1, 0.15) is 38.4 Å². The molecule has 0 aromatic heterocycles. The maximum Gasteiger partial charge on any atom is 0.203 e. The lowest BCUT2D eigenvalue weighted by Crippen LogP contribution is -3.16. The summed E-state index contributed by atoms with van der Waals surface area (Å²) >= 11 is 0. The molecule has 0 amide bonds. The van der Waals surface area contributed by atoms with Gasteiger partial charge in [-0.15, -0.1) is 0 Å². The third-order valence-corrected chi connectivity index (χ3v) is 3.70. The second kappa shape index (κ2) is 7.52. The van der Waals surface area contributed by atoms with Gasteiger partial charge in [-0.1, -0.05) is 6.07 Å². The van der Waals surface area contributed by atoms with E-state index in [0.717, 1.165) is 19.6 Å². The van der Waals surface area contributed by atoms with Crippen molar-refractivity contribution in [3.63, 3.8) is 0 Å². The topological polar surface area (TPSA) is 41.4 Å². The first kappa shape index (κ1) is 15.9. The largest absolute Gasteiger partial charge is 0.493 e. The van der Waals surface area contributed by atoms with Gasteiger partial charge < -0.3 is 23.8 Å². The highest BCUT2D eigenvalue weighted by atomic mass is 16.5. The van der Waals surface area contributed by atoms with Crippen LogP contribution < -0.4 is 19.1 Å². The highest BCUT2D eigenvalue weighted by Gasteiger charge is 2.25. The molecule has 1 aromatic rings. The van der Waals surface area contributed by atoms with Crippen LogP contribution in [0.3, 0.4) is 0 Å². The average Bonchev–Trinajstić information content (AvgIpc) is 2.46. The Labute approximate surface area is 126 Å². The van der Waals surface area contributed by atoms with Crippen LogP contribution in [0.4, 0.5) is 0 Å². The third kappa shape index (κ3) is 4.25. The number of quaternary nitrogens is 1. The molecule has 1 saturated heterocycles. The Hall–Kier alpha value is -1.46. The fourth-order valence-corrected chi connectivity index (χ4v) is 2.85. The van der Waals surface area contributed by atoms with Crippen LogP contribution in [-0.2, 0) is 4.74 Å². The number of methoxy groups -OCH3 is 2. The summed E-state index contributed by atoms with van der Waals surface area (Å²) in [6, 6.07) is 5.65. The van der Waals surface area contributed by atoms with E-state index in [1.165, 1.54) is 4.90 Å². The second-order valence-electron chi connectivity index (χ2n) is 5.51. The molecule has 0 radical (unpaired) electrons. The maximum atomic E-state index is 5.91. The van der Waals surface area contributed by atoms with Gasteiger partial charge >= 0.3 is 0 Å². The van der Waals surface area contributed by atoms with E-state index >= 15 is 0 Å². The summed E-state index contributed by atoms with van der Waals surface area (Å²) in [6.07, 6.45) is 0.620. The van der Waals surface area contributed by atoms with E-state index < -0.39 is 0 Å². The van der Waals surface area contributed by atoms with Gasteiger partial charge in [0, 0.05) is 0 Å². The van der Waals surface area contributed by atoms with Crippen LogP contribution in [0.15, 0.2) is 18.2 Å². The SMILES string of the molecule is COc1cccc(OC)c1OCC[NH+]1C[C@@H](C)O[C@@H](C)C1. The number of morpholine rings is 1. The number of rotatable bonds is 6. The molecule has 118 valence electrons. The molecule has 1 unspecified atom stereocenters. The summed E-state index contributed by atoms with van der Waals surface area (Å²) in [5, 5.41) is 0. The number of para-hydroxylation sites is 1. The molecule has 0 saturated carbocycles. The van der Waals surface area contributed by atoms with Gasteiger partial charge in [-0.05, 0) is 26.0 Å². The monoisotopic (exact) mass is 296 g/mol. The fraction of sp³-hybridized carbons (Fsp3) is 0.625. The molecule has 0 aliphatic carbocycles. The van der Waals surface area contributed by atoms with E-state index in [0.29, 0.717) is 36.1 Å². The quantitative estimate of drug-likeness (QED) is 0.842. The molecule has 1 aliphatic heterocycles. The molecular formula is C16H26NO4+. The van der Waals surface area contributed by atoms with Crippen LogP contribution in [0.1, 0.15) is 13.8 Å². The maximum absolute atomic E-state index is 5.91. The van der Waals surface area contributed by atoms with Crippen molar-refractivity contribution in [2.75, 3.05) is 40.5 Å². The Morgan fingerprint density at radius 3 is 2.19 bits per heavy atom. The molecule has 1 fully saturated rings. The van der Waals surface area contributed by atoms with Crippen LogP contribution >= 0.6 is 0 Å². The van der Waals surface area contributed by atoms with Crippen molar-refractivity contribution in [3.05, 3.63) is 18.2 Å². The minimum Gasteiger partial charge on any atom is -0.493 e. The molecule has 0 spiro atoms. The van der Waals surface area contributed by atoms with Gasteiger partial charge in [-0.25, -0.2) is 0 Å². The van der Waals surface area contributed by atoms with Crippen LogP contribution in [0.2, 0.25) is 0 Å². The van der Waals surface area contributed by atoms with Crippen molar-refractivity contribution in [2.24, 2.45) is 0 Å². The van der Waals surface area contributed by atoms with Gasteiger partial charge in [0.25, 0.3) is 0 Å². The van der Waals surface area contributed by atoms with Gasteiger partial charge in [0.2, 0.25) is 5.75 Å². The summed E-state index contributed by atoms with van der Waals surface area (Å²) in [7, 11) is 3.27. The van der Waals surface area contributed by atoms with Crippen LogP contribution in [0.25, 0.3) is 0 Å². The van der Waals surface area contributed by atoms with Crippen molar-refractivity contribution in [1.29, 1.82) is 0 Å². The highest BCUT2D eigenvalue weighted by molar-refractivity contribution is 5.51. The first-order valence-electron chi connectivity index (χ1n) is 7.46. The van der Waals surface area contributed by atoms with Crippen LogP contribution in [-0.4, -0.2) is 52.7 Å². The highest BCUT2D eigenvalue weighted by Crippen LogP contribution is 2.36. The Kier molecular flexibility index (Phi) is 5.70. The number of ether oxygens (including phenoxy) is 4. The molecule has 2 rings (SSSR count). The average molecular weight is 296 g/mol. The van der Waals surface area contributed by atoms with Crippen molar-refractivity contribution in [2.45, 2.75) is 26.1 Å². The lowest BCUT2D eigenvalue weighted by Gasteiger charge is -2.32. The molecular weight excluding hydrogens is 270 g/mol. The molecule has 1 aromatic carbocycles. The molecule has 1 aliphatic rings. The van der Waals surface area contributed by atoms with E-state index in [2.05, 4.69) is 13.8 Å². The minimum absolute atomic E-state index is 0.310. The number of hydrogen-bond donors (Lipinski definition) is 1. The fourth-order valence-electron chi connectivity index (χ4n) is 2.85. The van der Waals surface area contributed by atoms with Gasteiger partial charge in [0.15, 0.2) is 11.5 Å². The standard InChI is InChI=1S/C16H25NO4/c1-12-10-17(11-13(2)21-12)8-9-20-16-14(18-3)6-5-7-15(16)19-4/h5-7,12-13H,8-11H2,1-4H3/p+1/t12-,13+. The summed E-state index contributed by atoms with van der Waals surface area (Å²) in [4.78, 5) is 1.51. The smallest absolute Gasteiger partial charge is 0.203 e. The second-order valence-corrected chi connectivity index (χ2v) is 5.51. The zero-order valence-electron chi connectivity index (χ0n) is 13.3. The first-order valence-corrected chi connectivity index (χ1v) is 7.46. The molecule has 1 N–H and O–H groups in total. The zero-order chi connectivity index (χ0) is 15.2. The van der Waals surface area contributed by atoms with Crippen molar-refractivity contribution in [3.8, 4) is 17.2 Å². The normalized spacial score (nSPS) is 25.4. The summed E-state index contributed by atoms with van der Waals surface area (Å²) in [5.41, 5.74) is 0. The predicted molar refractivity (Wildman–Crippen MR) is 80.6 cm³/mol. The Morgan fingerprint density at radius 2 is 1.67 bits per heavy atom. The van der Waals surface area contributed by atoms with E-state index in [4.69, 9.17) is 18.9 Å². The minimum atomic E-state index is 0.310. The van der Waals surface area contributed by atoms with E-state index in [1.54, 1.807) is 14.2 Å². The predicted octanol–water partition coefficient (Wildman–Crippen LogP) is 0.775. The molecule has 5 nitrogen and oxygen atoms in total. The summed E-state index contributed by atoms with van der Waals surface area (Å²) in [6.45, 7) is 7.87. The Morgan fingerprint density at radius 1 is 1.10 bits per heavy atom. The van der Waals surface area contributed by atoms with Gasteiger partial charge in [-0.2, -0.15) is 0 Å². The summed E-state index contributed by atoms with van der Waals surface area (Å²) < 4.78 is 22.3.